The van der Waals surface area contributed by atoms with Crippen LogP contribution in [0.3, 0.4) is 0 Å². The molecule has 7 heteroatoms. The van der Waals surface area contributed by atoms with E-state index in [9.17, 15) is 4.79 Å². The molecule has 0 saturated carbocycles. The third-order valence-electron chi connectivity index (χ3n) is 3.95. The van der Waals surface area contributed by atoms with E-state index in [-0.39, 0.29) is 18.1 Å². The number of aromatic nitrogens is 2. The van der Waals surface area contributed by atoms with Crippen molar-refractivity contribution in [1.29, 1.82) is 0 Å². The summed E-state index contributed by atoms with van der Waals surface area (Å²) in [6.45, 7) is 0.199. The summed E-state index contributed by atoms with van der Waals surface area (Å²) in [5, 5.41) is 3.71. The zero-order valence-electron chi connectivity index (χ0n) is 14.8. The fourth-order valence-corrected chi connectivity index (χ4v) is 2.67. The van der Waals surface area contributed by atoms with Gasteiger partial charge in [0.1, 0.15) is 11.4 Å². The van der Waals surface area contributed by atoms with Crippen LogP contribution >= 0.6 is 0 Å². The molecule has 0 aliphatic carbocycles. The fraction of sp³-hybridized carbons (Fsp3) is 0.211. The molecule has 1 aromatic carbocycles. The molecule has 2 heterocycles. The van der Waals surface area contributed by atoms with Crippen LogP contribution in [0.2, 0.25) is 0 Å². The largest absolute Gasteiger partial charge is 0.496 e. The number of nitrogens with zero attached hydrogens (tertiary/aromatic N) is 2. The molecule has 1 amide bonds. The maximum absolute atomic E-state index is 12.5. The Morgan fingerprint density at radius 3 is 2.50 bits per heavy atom. The Morgan fingerprint density at radius 2 is 1.77 bits per heavy atom. The van der Waals surface area contributed by atoms with Crippen LogP contribution in [0.1, 0.15) is 16.1 Å². The van der Waals surface area contributed by atoms with Crippen LogP contribution in [0.5, 0.6) is 17.2 Å². The van der Waals surface area contributed by atoms with Gasteiger partial charge in [-0.25, -0.2) is 9.97 Å². The van der Waals surface area contributed by atoms with Gasteiger partial charge in [-0.1, -0.05) is 0 Å². The predicted octanol–water partition coefficient (Wildman–Crippen LogP) is 2.59. The Bertz CT molecular complexity index is 943. The number of methoxy groups -OCH3 is 3. The highest BCUT2D eigenvalue weighted by Crippen LogP contribution is 2.37. The molecule has 1 N–H and O–H groups in total. The first-order valence-corrected chi connectivity index (χ1v) is 7.95. The zero-order valence-corrected chi connectivity index (χ0v) is 14.8. The van der Waals surface area contributed by atoms with Gasteiger partial charge in [-0.3, -0.25) is 4.79 Å². The Hall–Kier alpha value is -3.35. The lowest BCUT2D eigenvalue weighted by atomic mass is 10.1. The highest BCUT2D eigenvalue weighted by molar-refractivity contribution is 5.94. The van der Waals surface area contributed by atoms with Crippen LogP contribution in [-0.4, -0.2) is 37.2 Å². The number of pyridine rings is 2. The molecule has 3 rings (SSSR count). The van der Waals surface area contributed by atoms with Crippen molar-refractivity contribution < 1.29 is 19.0 Å². The summed E-state index contributed by atoms with van der Waals surface area (Å²) in [5.41, 5.74) is 1.50. The highest BCUT2D eigenvalue weighted by Gasteiger charge is 2.17. The minimum Gasteiger partial charge on any atom is -0.496 e. The van der Waals surface area contributed by atoms with E-state index in [1.807, 2.05) is 18.2 Å². The van der Waals surface area contributed by atoms with Crippen LogP contribution in [0.4, 0.5) is 0 Å². The summed E-state index contributed by atoms with van der Waals surface area (Å²) in [7, 11) is 4.65. The molecule has 26 heavy (non-hydrogen) atoms. The van der Waals surface area contributed by atoms with E-state index in [0.29, 0.717) is 28.5 Å². The molecule has 0 atom stereocenters. The number of benzene rings is 1. The van der Waals surface area contributed by atoms with E-state index in [0.717, 1.165) is 5.39 Å². The number of fused-ring (bicyclic) bond motifs is 1. The zero-order chi connectivity index (χ0) is 18.5. The van der Waals surface area contributed by atoms with E-state index in [1.54, 1.807) is 45.7 Å². The molecule has 3 aromatic rings. The van der Waals surface area contributed by atoms with Gasteiger partial charge in [-0.2, -0.15) is 0 Å². The van der Waals surface area contributed by atoms with Gasteiger partial charge in [0.05, 0.1) is 33.4 Å². The van der Waals surface area contributed by atoms with Crippen LogP contribution in [0.15, 0.2) is 42.6 Å². The first kappa shape index (κ1) is 17.5. The van der Waals surface area contributed by atoms with Gasteiger partial charge in [-0.05, 0) is 36.4 Å². The third-order valence-corrected chi connectivity index (χ3v) is 3.95. The second kappa shape index (κ2) is 7.69. The average Bonchev–Trinajstić information content (AvgIpc) is 2.70. The van der Waals surface area contributed by atoms with Crippen molar-refractivity contribution >= 4 is 16.9 Å². The van der Waals surface area contributed by atoms with Crippen molar-refractivity contribution in [2.75, 3.05) is 21.3 Å². The van der Waals surface area contributed by atoms with Gasteiger partial charge in [-0.15, -0.1) is 0 Å². The third kappa shape index (κ3) is 3.37. The molecule has 0 fully saturated rings. The molecular weight excluding hydrogens is 334 g/mol. The Morgan fingerprint density at radius 1 is 1.00 bits per heavy atom. The van der Waals surface area contributed by atoms with Crippen molar-refractivity contribution in [2.45, 2.75) is 6.54 Å². The van der Waals surface area contributed by atoms with Crippen molar-refractivity contribution in [1.82, 2.24) is 15.3 Å². The topological polar surface area (TPSA) is 82.6 Å². The SMILES string of the molecule is COc1ccc(OC)c(OC)c1CNC(=O)c1ccc2cccnc2n1. The number of nitrogens with one attached hydrogen (secondary N) is 1. The predicted molar refractivity (Wildman–Crippen MR) is 96.8 cm³/mol. The van der Waals surface area contributed by atoms with Gasteiger partial charge in [0.15, 0.2) is 17.1 Å². The lowest BCUT2D eigenvalue weighted by molar-refractivity contribution is 0.0945. The molecule has 7 nitrogen and oxygen atoms in total. The maximum Gasteiger partial charge on any atom is 0.270 e. The van der Waals surface area contributed by atoms with Crippen molar-refractivity contribution in [3.05, 3.63) is 53.9 Å². The van der Waals surface area contributed by atoms with E-state index >= 15 is 0 Å². The lowest BCUT2D eigenvalue weighted by Gasteiger charge is -2.16. The van der Waals surface area contributed by atoms with Crippen LogP contribution in [-0.2, 0) is 6.54 Å². The maximum atomic E-state index is 12.5. The fourth-order valence-electron chi connectivity index (χ4n) is 2.67. The molecular formula is C19H19N3O4. The number of carbonyl (C=O) groups excluding carboxylic acids is 1. The van der Waals surface area contributed by atoms with E-state index < -0.39 is 0 Å². The molecule has 0 saturated heterocycles. The summed E-state index contributed by atoms with van der Waals surface area (Å²) < 4.78 is 16.1. The highest BCUT2D eigenvalue weighted by atomic mass is 16.5. The van der Waals surface area contributed by atoms with Gasteiger partial charge in [0.2, 0.25) is 0 Å². The van der Waals surface area contributed by atoms with E-state index in [2.05, 4.69) is 15.3 Å². The van der Waals surface area contributed by atoms with Crippen LogP contribution in [0, 0.1) is 0 Å². The van der Waals surface area contributed by atoms with Crippen LogP contribution in [0.25, 0.3) is 11.0 Å². The molecule has 2 aromatic heterocycles. The molecule has 0 aliphatic rings. The van der Waals surface area contributed by atoms with E-state index in [4.69, 9.17) is 14.2 Å². The molecule has 0 unspecified atom stereocenters. The monoisotopic (exact) mass is 353 g/mol. The van der Waals surface area contributed by atoms with Gasteiger partial charge >= 0.3 is 0 Å². The number of hydrogen-bond donors (Lipinski definition) is 1. The Kier molecular flexibility index (Phi) is 5.17. The average molecular weight is 353 g/mol. The molecule has 0 bridgehead atoms. The normalized spacial score (nSPS) is 10.4. The quantitative estimate of drug-likeness (QED) is 0.733. The second-order valence-electron chi connectivity index (χ2n) is 5.41. The Labute approximate surface area is 150 Å². The second-order valence-corrected chi connectivity index (χ2v) is 5.41. The number of amides is 1. The van der Waals surface area contributed by atoms with Gasteiger partial charge < -0.3 is 19.5 Å². The molecule has 0 aliphatic heterocycles. The lowest BCUT2D eigenvalue weighted by Crippen LogP contribution is -2.24. The number of ether oxygens (including phenoxy) is 3. The first-order chi connectivity index (χ1) is 12.7. The minimum atomic E-state index is -0.315. The van der Waals surface area contributed by atoms with Gasteiger partial charge in [0.25, 0.3) is 5.91 Å². The smallest absolute Gasteiger partial charge is 0.270 e. The summed E-state index contributed by atoms with van der Waals surface area (Å²) in [5.74, 6) is 1.35. The number of rotatable bonds is 6. The van der Waals surface area contributed by atoms with E-state index in [1.165, 1.54) is 0 Å². The minimum absolute atomic E-state index is 0.199. The molecule has 134 valence electrons. The van der Waals surface area contributed by atoms with Crippen molar-refractivity contribution in [3.63, 3.8) is 0 Å². The molecule has 0 radical (unpaired) electrons. The summed E-state index contributed by atoms with van der Waals surface area (Å²) in [4.78, 5) is 21.0. The number of hydrogen-bond acceptors (Lipinski definition) is 6. The van der Waals surface area contributed by atoms with Crippen LogP contribution < -0.4 is 19.5 Å². The standard InChI is InChI=1S/C19H19N3O4/c1-24-15-8-9-16(25-2)17(26-3)13(15)11-21-19(23)14-7-6-12-5-4-10-20-18(12)22-14/h4-10H,11H2,1-3H3,(H,21,23). The summed E-state index contributed by atoms with van der Waals surface area (Å²) in [6.07, 6.45) is 1.64. The summed E-state index contributed by atoms with van der Waals surface area (Å²) in [6, 6.07) is 10.7. The number of carbonyl (C=O) groups is 1. The van der Waals surface area contributed by atoms with Crippen molar-refractivity contribution in [2.24, 2.45) is 0 Å². The first-order valence-electron chi connectivity index (χ1n) is 7.95. The Balaban J connectivity index is 1.84. The summed E-state index contributed by atoms with van der Waals surface area (Å²) >= 11 is 0. The van der Waals surface area contributed by atoms with Gasteiger partial charge in [0, 0.05) is 11.6 Å². The molecule has 0 spiro atoms. The van der Waals surface area contributed by atoms with Crippen molar-refractivity contribution in [3.8, 4) is 17.2 Å².